The van der Waals surface area contributed by atoms with Gasteiger partial charge in [0.05, 0.1) is 29.8 Å². The Bertz CT molecular complexity index is 2400. The van der Waals surface area contributed by atoms with Crippen molar-refractivity contribution in [2.45, 2.75) is 99.4 Å². The van der Waals surface area contributed by atoms with Gasteiger partial charge in [0.1, 0.15) is 40.3 Å². The van der Waals surface area contributed by atoms with Crippen LogP contribution in [0.4, 0.5) is 4.79 Å². The van der Waals surface area contributed by atoms with Crippen LogP contribution < -0.4 is 24.8 Å². The van der Waals surface area contributed by atoms with Gasteiger partial charge >= 0.3 is 6.09 Å². The summed E-state index contributed by atoms with van der Waals surface area (Å²) in [6, 6.07) is 23.1. The van der Waals surface area contributed by atoms with Crippen LogP contribution in [0.1, 0.15) is 65.7 Å². The molecule has 2 aliphatic carbocycles. The van der Waals surface area contributed by atoms with E-state index in [1.54, 1.807) is 46.1 Å². The van der Waals surface area contributed by atoms with Crippen molar-refractivity contribution >= 4 is 44.7 Å². The van der Waals surface area contributed by atoms with Crippen LogP contribution in [0.3, 0.4) is 0 Å². The van der Waals surface area contributed by atoms with Gasteiger partial charge in [-0.25, -0.2) is 22.9 Å². The Hall–Kier alpha value is -5.96. The summed E-state index contributed by atoms with van der Waals surface area (Å²) in [6.07, 6.45) is 2.92. The molecule has 3 N–H and O–H groups in total. The van der Waals surface area contributed by atoms with Crippen LogP contribution in [0.25, 0.3) is 22.2 Å². The van der Waals surface area contributed by atoms with Crippen LogP contribution in [0.5, 0.6) is 11.5 Å². The monoisotopic (exact) mass is 837 g/mol. The number of carbonyl (C=O) groups is 4. The van der Waals surface area contributed by atoms with E-state index in [4.69, 9.17) is 19.2 Å². The Morgan fingerprint density at radius 2 is 1.60 bits per heavy atom. The number of hydrogen-bond donors (Lipinski definition) is 3. The van der Waals surface area contributed by atoms with E-state index < -0.39 is 68.6 Å². The van der Waals surface area contributed by atoms with Crippen LogP contribution in [-0.2, 0) is 29.1 Å². The standard InChI is InChI=1S/C45H51N5O9S/c1-6-30-27-45(30,40(52)49-60(55,56)33-18-12-8-13-19-33)47-39(51)37-25-32(28-50(37)41(53)44(22-14-9-15-23-44)48-42(54)59-43(2,3)4)58-38-26-35(29-16-10-7-11-17-29)46-36-24-31(57-5)20-21-34(36)38/h6-8,10-13,16-21,24,26,30,32,37H,1,9,14-15,22-23,25,27-28H2,2-5H3,(H,47,51)(H,48,54)(H,49,52)/t30-,32?,37+,45-/m1/s1. The SMILES string of the molecule is C=C[C@@H]1C[C@]1(NC(=O)[C@@H]1CC(Oc2cc(-c3ccccc3)nc3cc(OC)ccc23)CN1C(=O)C1(NC(=O)OC(C)(C)C)CCCCC1)C(=O)NS(=O)(=O)c1ccccc1. The number of hydrogen-bond acceptors (Lipinski definition) is 10. The molecule has 3 fully saturated rings. The van der Waals surface area contributed by atoms with Gasteiger partial charge in [-0.05, 0) is 64.3 Å². The van der Waals surface area contributed by atoms with Gasteiger partial charge in [0.2, 0.25) is 11.8 Å². The molecule has 3 aliphatic rings. The number of ether oxygens (including phenoxy) is 3. The molecule has 3 aromatic carbocycles. The summed E-state index contributed by atoms with van der Waals surface area (Å²) < 4.78 is 46.5. The maximum Gasteiger partial charge on any atom is 0.408 e. The van der Waals surface area contributed by atoms with Gasteiger partial charge in [-0.15, -0.1) is 6.58 Å². The zero-order chi connectivity index (χ0) is 42.9. The highest BCUT2D eigenvalue weighted by molar-refractivity contribution is 7.90. The average molecular weight is 838 g/mol. The molecule has 1 aliphatic heterocycles. The molecule has 1 aromatic heterocycles. The van der Waals surface area contributed by atoms with Crippen molar-refractivity contribution in [1.82, 2.24) is 25.2 Å². The molecule has 4 aromatic rings. The number of aromatic nitrogens is 1. The summed E-state index contributed by atoms with van der Waals surface area (Å²) in [5.74, 6) is -1.59. The molecular formula is C45H51N5O9S. The molecule has 4 atom stereocenters. The molecular weight excluding hydrogens is 787 g/mol. The molecule has 60 heavy (non-hydrogen) atoms. The Balaban J connectivity index is 1.23. The number of benzene rings is 3. The van der Waals surface area contributed by atoms with E-state index >= 15 is 4.79 Å². The Labute approximate surface area is 350 Å². The molecule has 2 saturated carbocycles. The van der Waals surface area contributed by atoms with Gasteiger partial charge < -0.3 is 29.7 Å². The van der Waals surface area contributed by atoms with Gasteiger partial charge in [0.25, 0.3) is 15.9 Å². The van der Waals surface area contributed by atoms with Crippen LogP contribution >= 0.6 is 0 Å². The minimum atomic E-state index is -4.28. The van der Waals surface area contributed by atoms with Crippen LogP contribution in [0.2, 0.25) is 0 Å². The van der Waals surface area contributed by atoms with Crippen molar-refractivity contribution in [1.29, 1.82) is 0 Å². The molecule has 0 bridgehead atoms. The second-order valence-corrected chi connectivity index (χ2v) is 18.4. The maximum atomic E-state index is 15.1. The topological polar surface area (TPSA) is 182 Å². The van der Waals surface area contributed by atoms with Crippen molar-refractivity contribution in [2.24, 2.45) is 5.92 Å². The number of rotatable bonds is 12. The maximum absolute atomic E-state index is 15.1. The summed E-state index contributed by atoms with van der Waals surface area (Å²) in [6.45, 7) is 8.98. The predicted molar refractivity (Wildman–Crippen MR) is 224 cm³/mol. The highest BCUT2D eigenvalue weighted by Gasteiger charge is 2.62. The number of carbonyl (C=O) groups excluding carboxylic acids is 4. The number of methoxy groups -OCH3 is 1. The first-order valence-electron chi connectivity index (χ1n) is 20.2. The van der Waals surface area contributed by atoms with E-state index in [9.17, 15) is 22.8 Å². The lowest BCUT2D eigenvalue weighted by Gasteiger charge is -2.40. The van der Waals surface area contributed by atoms with Gasteiger partial charge in [-0.3, -0.25) is 14.4 Å². The lowest BCUT2D eigenvalue weighted by molar-refractivity contribution is -0.145. The molecule has 0 spiro atoms. The molecule has 4 amide bonds. The smallest absolute Gasteiger partial charge is 0.408 e. The van der Waals surface area contributed by atoms with Crippen molar-refractivity contribution in [3.8, 4) is 22.8 Å². The van der Waals surface area contributed by atoms with Crippen molar-refractivity contribution < 1.29 is 41.8 Å². The Morgan fingerprint density at radius 3 is 2.23 bits per heavy atom. The molecule has 316 valence electrons. The Kier molecular flexibility index (Phi) is 11.7. The fourth-order valence-electron chi connectivity index (χ4n) is 8.22. The molecule has 1 unspecified atom stereocenters. The van der Waals surface area contributed by atoms with Gasteiger partial charge in [0.15, 0.2) is 0 Å². The first-order chi connectivity index (χ1) is 28.6. The largest absolute Gasteiger partial charge is 0.497 e. The predicted octanol–water partition coefficient (Wildman–Crippen LogP) is 6.05. The number of amides is 4. The number of pyridine rings is 1. The summed E-state index contributed by atoms with van der Waals surface area (Å²) in [5.41, 5.74) is -1.76. The normalized spacial score (nSPS) is 22.3. The molecule has 1 saturated heterocycles. The number of fused-ring (bicyclic) bond motifs is 1. The molecule has 0 radical (unpaired) electrons. The molecule has 14 nitrogen and oxygen atoms in total. The minimum Gasteiger partial charge on any atom is -0.497 e. The zero-order valence-corrected chi connectivity index (χ0v) is 35.0. The fraction of sp³-hybridized carbons (Fsp3) is 0.400. The third kappa shape index (κ3) is 8.81. The van der Waals surface area contributed by atoms with Crippen molar-refractivity contribution in [2.75, 3.05) is 13.7 Å². The summed E-state index contributed by atoms with van der Waals surface area (Å²) in [5, 5.41) is 6.42. The number of sulfonamides is 1. The third-order valence-corrected chi connectivity index (χ3v) is 12.7. The number of nitrogens with zero attached hydrogens (tertiary/aromatic N) is 2. The summed E-state index contributed by atoms with van der Waals surface area (Å²) in [4.78, 5) is 63.1. The molecule has 15 heteroatoms. The van der Waals surface area contributed by atoms with Crippen molar-refractivity contribution in [3.05, 3.63) is 97.6 Å². The third-order valence-electron chi connectivity index (χ3n) is 11.4. The molecule has 7 rings (SSSR count). The lowest BCUT2D eigenvalue weighted by atomic mass is 9.80. The first kappa shape index (κ1) is 42.2. The fourth-order valence-corrected chi connectivity index (χ4v) is 9.28. The second-order valence-electron chi connectivity index (χ2n) is 16.7. The zero-order valence-electron chi connectivity index (χ0n) is 34.2. The quantitative estimate of drug-likeness (QED) is 0.142. The van der Waals surface area contributed by atoms with E-state index in [2.05, 4.69) is 21.9 Å². The van der Waals surface area contributed by atoms with Gasteiger partial charge in [-0.2, -0.15) is 0 Å². The average Bonchev–Trinajstić information content (AvgIpc) is 3.79. The number of alkyl carbamates (subject to hydrolysis) is 1. The van der Waals surface area contributed by atoms with Gasteiger partial charge in [-0.1, -0.05) is 73.9 Å². The lowest BCUT2D eigenvalue weighted by Crippen LogP contribution is -2.64. The van der Waals surface area contributed by atoms with Crippen molar-refractivity contribution in [3.63, 3.8) is 0 Å². The Morgan fingerprint density at radius 1 is 0.917 bits per heavy atom. The van der Waals surface area contributed by atoms with Crippen LogP contribution in [0, 0.1) is 5.92 Å². The van der Waals surface area contributed by atoms with Crippen LogP contribution in [-0.4, -0.2) is 84.6 Å². The van der Waals surface area contributed by atoms with E-state index in [0.29, 0.717) is 53.8 Å². The molecule has 2 heterocycles. The number of nitrogens with one attached hydrogen (secondary N) is 3. The summed E-state index contributed by atoms with van der Waals surface area (Å²) >= 11 is 0. The first-order valence-corrected chi connectivity index (χ1v) is 21.6. The van der Waals surface area contributed by atoms with E-state index in [0.717, 1.165) is 12.0 Å². The van der Waals surface area contributed by atoms with E-state index in [-0.39, 0.29) is 24.3 Å². The van der Waals surface area contributed by atoms with E-state index in [1.165, 1.54) is 35.2 Å². The highest BCUT2D eigenvalue weighted by Crippen LogP contribution is 2.46. The van der Waals surface area contributed by atoms with E-state index in [1.807, 2.05) is 42.5 Å². The second kappa shape index (κ2) is 16.6. The van der Waals surface area contributed by atoms with Gasteiger partial charge in [0, 0.05) is 35.4 Å². The number of likely N-dealkylation sites (tertiary alicyclic amines) is 1. The highest BCUT2D eigenvalue weighted by atomic mass is 32.2. The summed E-state index contributed by atoms with van der Waals surface area (Å²) in [7, 11) is -2.71. The minimum absolute atomic E-state index is 0.0134. The van der Waals surface area contributed by atoms with Crippen LogP contribution in [0.15, 0.2) is 102 Å².